The first kappa shape index (κ1) is 8.26. The van der Waals surface area contributed by atoms with Gasteiger partial charge in [0.1, 0.15) is 11.4 Å². The van der Waals surface area contributed by atoms with Gasteiger partial charge in [-0.25, -0.2) is 0 Å². The lowest BCUT2D eigenvalue weighted by molar-refractivity contribution is -0.0228. The van der Waals surface area contributed by atoms with Crippen LogP contribution in [0.5, 0.6) is 5.75 Å². The van der Waals surface area contributed by atoms with E-state index in [0.717, 1.165) is 30.6 Å². The Labute approximate surface area is 82.7 Å². The van der Waals surface area contributed by atoms with E-state index in [1.165, 1.54) is 0 Å². The van der Waals surface area contributed by atoms with Gasteiger partial charge in [-0.1, -0.05) is 12.1 Å². The SMILES string of the molecule is Oc1cccc2c1C1(CCNC1)OC2. The number of phenols is 1. The van der Waals surface area contributed by atoms with E-state index in [4.69, 9.17) is 4.74 Å². The second-order valence-electron chi connectivity index (χ2n) is 4.02. The van der Waals surface area contributed by atoms with Crippen LogP contribution in [0.15, 0.2) is 18.2 Å². The zero-order valence-electron chi connectivity index (χ0n) is 7.92. The smallest absolute Gasteiger partial charge is 0.122 e. The molecule has 0 saturated carbocycles. The summed E-state index contributed by atoms with van der Waals surface area (Å²) in [5.41, 5.74) is 1.89. The molecule has 74 valence electrons. The molecule has 0 aliphatic carbocycles. The van der Waals surface area contributed by atoms with Crippen LogP contribution in [-0.4, -0.2) is 18.2 Å². The Hall–Kier alpha value is -1.06. The Morgan fingerprint density at radius 3 is 3.14 bits per heavy atom. The molecular formula is C11H13NO2. The average Bonchev–Trinajstić information content (AvgIpc) is 2.77. The normalized spacial score (nSPS) is 29.7. The predicted octanol–water partition coefficient (Wildman–Crippen LogP) is 1.11. The molecule has 3 rings (SSSR count). The lowest BCUT2D eigenvalue weighted by Gasteiger charge is -2.23. The molecule has 2 aliphatic rings. The molecular weight excluding hydrogens is 178 g/mol. The largest absolute Gasteiger partial charge is 0.508 e. The lowest BCUT2D eigenvalue weighted by Crippen LogP contribution is -2.27. The second kappa shape index (κ2) is 2.72. The van der Waals surface area contributed by atoms with E-state index in [0.29, 0.717) is 12.4 Å². The van der Waals surface area contributed by atoms with Crippen molar-refractivity contribution >= 4 is 0 Å². The molecule has 0 aromatic heterocycles. The Bertz CT molecular complexity index is 370. The van der Waals surface area contributed by atoms with Crippen LogP contribution in [0.4, 0.5) is 0 Å². The van der Waals surface area contributed by atoms with Crippen molar-refractivity contribution in [1.29, 1.82) is 0 Å². The third-order valence-corrected chi connectivity index (χ3v) is 3.20. The van der Waals surface area contributed by atoms with Crippen molar-refractivity contribution in [3.05, 3.63) is 29.3 Å². The van der Waals surface area contributed by atoms with E-state index < -0.39 is 0 Å². The highest BCUT2D eigenvalue weighted by Gasteiger charge is 2.44. The fourth-order valence-electron chi connectivity index (χ4n) is 2.53. The van der Waals surface area contributed by atoms with Crippen molar-refractivity contribution in [2.45, 2.75) is 18.6 Å². The molecule has 0 amide bonds. The number of ether oxygens (including phenoxy) is 1. The minimum absolute atomic E-state index is 0.249. The van der Waals surface area contributed by atoms with Crippen molar-refractivity contribution in [1.82, 2.24) is 5.32 Å². The number of nitrogens with one attached hydrogen (secondary N) is 1. The fraction of sp³-hybridized carbons (Fsp3) is 0.455. The summed E-state index contributed by atoms with van der Waals surface area (Å²) < 4.78 is 5.83. The van der Waals surface area contributed by atoms with Crippen LogP contribution in [0.3, 0.4) is 0 Å². The van der Waals surface area contributed by atoms with Crippen LogP contribution in [0.2, 0.25) is 0 Å². The highest BCUT2D eigenvalue weighted by Crippen LogP contribution is 2.44. The zero-order chi connectivity index (χ0) is 9.60. The number of hydrogen-bond acceptors (Lipinski definition) is 3. The Morgan fingerprint density at radius 1 is 1.43 bits per heavy atom. The van der Waals surface area contributed by atoms with Crippen LogP contribution in [0.25, 0.3) is 0 Å². The van der Waals surface area contributed by atoms with Crippen LogP contribution in [0, 0.1) is 0 Å². The van der Waals surface area contributed by atoms with E-state index >= 15 is 0 Å². The summed E-state index contributed by atoms with van der Waals surface area (Å²) in [6.07, 6.45) is 0.956. The molecule has 1 unspecified atom stereocenters. The molecule has 1 atom stereocenters. The van der Waals surface area contributed by atoms with Crippen molar-refractivity contribution in [2.75, 3.05) is 13.1 Å². The summed E-state index contributed by atoms with van der Waals surface area (Å²) in [5, 5.41) is 13.1. The molecule has 3 heteroatoms. The molecule has 1 aromatic carbocycles. The average molecular weight is 191 g/mol. The highest BCUT2D eigenvalue weighted by atomic mass is 16.5. The summed E-state index contributed by atoms with van der Waals surface area (Å²) in [6, 6.07) is 5.65. The topological polar surface area (TPSA) is 41.5 Å². The molecule has 1 aromatic rings. The molecule has 1 fully saturated rings. The van der Waals surface area contributed by atoms with E-state index in [1.54, 1.807) is 6.07 Å². The van der Waals surface area contributed by atoms with Gasteiger partial charge >= 0.3 is 0 Å². The van der Waals surface area contributed by atoms with Crippen LogP contribution in [-0.2, 0) is 16.9 Å². The summed E-state index contributed by atoms with van der Waals surface area (Å²) in [7, 11) is 0. The first-order valence-electron chi connectivity index (χ1n) is 4.98. The van der Waals surface area contributed by atoms with Gasteiger partial charge in [-0.2, -0.15) is 0 Å². The van der Waals surface area contributed by atoms with Gasteiger partial charge in [-0.05, 0) is 24.6 Å². The van der Waals surface area contributed by atoms with Crippen molar-refractivity contribution in [3.8, 4) is 5.75 Å². The quantitative estimate of drug-likeness (QED) is 0.645. The van der Waals surface area contributed by atoms with Crippen LogP contribution >= 0.6 is 0 Å². The number of phenolic OH excluding ortho intramolecular Hbond substituents is 1. The first-order chi connectivity index (χ1) is 6.82. The third-order valence-electron chi connectivity index (χ3n) is 3.20. The predicted molar refractivity (Wildman–Crippen MR) is 52.1 cm³/mol. The third kappa shape index (κ3) is 0.938. The first-order valence-corrected chi connectivity index (χ1v) is 4.98. The van der Waals surface area contributed by atoms with Gasteiger partial charge in [-0.15, -0.1) is 0 Å². The molecule has 2 heterocycles. The minimum Gasteiger partial charge on any atom is -0.508 e. The maximum Gasteiger partial charge on any atom is 0.122 e. The molecule has 2 N–H and O–H groups in total. The highest BCUT2D eigenvalue weighted by molar-refractivity contribution is 5.46. The van der Waals surface area contributed by atoms with E-state index in [9.17, 15) is 5.11 Å². The Balaban J connectivity index is 2.16. The zero-order valence-corrected chi connectivity index (χ0v) is 7.92. The van der Waals surface area contributed by atoms with Gasteiger partial charge in [0.25, 0.3) is 0 Å². The summed E-state index contributed by atoms with van der Waals surface area (Å²) in [6.45, 7) is 2.41. The lowest BCUT2D eigenvalue weighted by atomic mass is 9.91. The Morgan fingerprint density at radius 2 is 2.36 bits per heavy atom. The summed E-state index contributed by atoms with van der Waals surface area (Å²) in [5.74, 6) is 0.378. The van der Waals surface area contributed by atoms with Gasteiger partial charge in [0, 0.05) is 12.1 Å². The van der Waals surface area contributed by atoms with Crippen molar-refractivity contribution < 1.29 is 9.84 Å². The van der Waals surface area contributed by atoms with Crippen molar-refractivity contribution in [2.24, 2.45) is 0 Å². The van der Waals surface area contributed by atoms with Gasteiger partial charge in [0.05, 0.1) is 6.61 Å². The monoisotopic (exact) mass is 191 g/mol. The summed E-state index contributed by atoms with van der Waals surface area (Å²) in [4.78, 5) is 0. The minimum atomic E-state index is -0.249. The van der Waals surface area contributed by atoms with Gasteiger partial charge in [0.2, 0.25) is 0 Å². The van der Waals surface area contributed by atoms with Gasteiger partial charge in [-0.3, -0.25) is 0 Å². The van der Waals surface area contributed by atoms with Crippen LogP contribution in [0.1, 0.15) is 17.5 Å². The number of rotatable bonds is 0. The second-order valence-corrected chi connectivity index (χ2v) is 4.02. The van der Waals surface area contributed by atoms with Gasteiger partial charge < -0.3 is 15.2 Å². The van der Waals surface area contributed by atoms with E-state index in [1.807, 2.05) is 12.1 Å². The molecule has 1 spiro atoms. The summed E-state index contributed by atoms with van der Waals surface area (Å²) >= 11 is 0. The maximum atomic E-state index is 9.85. The Kier molecular flexibility index (Phi) is 1.60. The molecule has 3 nitrogen and oxygen atoms in total. The number of benzene rings is 1. The molecule has 0 radical (unpaired) electrons. The number of fused-ring (bicyclic) bond motifs is 2. The molecule has 2 aliphatic heterocycles. The van der Waals surface area contributed by atoms with Crippen molar-refractivity contribution in [3.63, 3.8) is 0 Å². The van der Waals surface area contributed by atoms with E-state index in [2.05, 4.69) is 5.32 Å². The number of aromatic hydroxyl groups is 1. The number of hydrogen-bond donors (Lipinski definition) is 2. The van der Waals surface area contributed by atoms with Gasteiger partial charge in [0.15, 0.2) is 0 Å². The van der Waals surface area contributed by atoms with E-state index in [-0.39, 0.29) is 5.60 Å². The molecule has 1 saturated heterocycles. The molecule has 14 heavy (non-hydrogen) atoms. The standard InChI is InChI=1S/C11H13NO2/c13-9-3-1-2-8-6-14-11(10(8)9)4-5-12-7-11/h1-3,12-13H,4-7H2. The molecule has 0 bridgehead atoms. The fourth-order valence-corrected chi connectivity index (χ4v) is 2.53. The maximum absolute atomic E-state index is 9.85. The van der Waals surface area contributed by atoms with Crippen LogP contribution < -0.4 is 5.32 Å².